The molecule has 2 fully saturated rings. The molecular formula is C27H38N8O3S. The predicted molar refractivity (Wildman–Crippen MR) is 154 cm³/mol. The van der Waals surface area contributed by atoms with Gasteiger partial charge in [0.25, 0.3) is 0 Å². The molecule has 1 aliphatic heterocycles. The standard InChI is InChI=1S/C27H38N8O3S/c1-32(2)19-26(36)34-17-15-33(16-18-34)23-5-4-6-24-22(23)12-14-35(24)25-11-13-28-27(30-25)29-20-7-9-21(10-8-20)31-39(3,37)38/h4-6,11-14,20-21,31H,7-10,15-19H2,1-3H3,(H,28,29,30)/t20-,21-. The Hall–Kier alpha value is -3.22. The Balaban J connectivity index is 1.26. The smallest absolute Gasteiger partial charge is 0.236 e. The molecule has 2 N–H and O–H groups in total. The second-order valence-corrected chi connectivity index (χ2v) is 12.6. The normalized spacial score (nSPS) is 20.5. The number of hydrogen-bond donors (Lipinski definition) is 2. The van der Waals surface area contributed by atoms with Gasteiger partial charge in [-0.25, -0.2) is 18.1 Å². The van der Waals surface area contributed by atoms with Crippen molar-refractivity contribution >= 4 is 38.5 Å². The Bertz CT molecular complexity index is 1410. The molecule has 0 bridgehead atoms. The summed E-state index contributed by atoms with van der Waals surface area (Å²) in [5.41, 5.74) is 2.23. The number of aromatic nitrogens is 3. The zero-order chi connectivity index (χ0) is 27.6. The van der Waals surface area contributed by atoms with Gasteiger partial charge in [-0.05, 0) is 64.0 Å². The summed E-state index contributed by atoms with van der Waals surface area (Å²) < 4.78 is 27.9. The molecule has 5 rings (SSSR count). The first kappa shape index (κ1) is 27.4. The van der Waals surface area contributed by atoms with E-state index in [1.807, 2.05) is 36.2 Å². The molecule has 0 unspecified atom stereocenters. The second kappa shape index (κ2) is 11.5. The third-order valence-electron chi connectivity index (χ3n) is 7.46. The van der Waals surface area contributed by atoms with Crippen molar-refractivity contribution in [1.82, 2.24) is 29.1 Å². The third kappa shape index (κ3) is 6.68. The van der Waals surface area contributed by atoms with Crippen LogP contribution in [0.1, 0.15) is 25.7 Å². The van der Waals surface area contributed by atoms with Gasteiger partial charge in [-0.1, -0.05) is 6.07 Å². The molecule has 1 aliphatic carbocycles. The maximum absolute atomic E-state index is 12.5. The molecule has 3 heterocycles. The number of anilines is 2. The molecule has 1 saturated heterocycles. The van der Waals surface area contributed by atoms with Crippen LogP contribution in [0.4, 0.5) is 11.6 Å². The van der Waals surface area contributed by atoms with Crippen molar-refractivity contribution in [3.63, 3.8) is 0 Å². The number of piperazine rings is 1. The SMILES string of the molecule is CN(C)CC(=O)N1CCN(c2cccc3c2ccn3-c2ccnc(N[C@H]3CC[C@H](NS(C)(=O)=O)CC3)n2)CC1. The summed E-state index contributed by atoms with van der Waals surface area (Å²) in [4.78, 5) is 27.9. The van der Waals surface area contributed by atoms with Crippen LogP contribution in [0.5, 0.6) is 0 Å². The monoisotopic (exact) mass is 554 g/mol. The van der Waals surface area contributed by atoms with Gasteiger partial charge >= 0.3 is 0 Å². The second-order valence-electron chi connectivity index (χ2n) is 10.8. The van der Waals surface area contributed by atoms with Gasteiger partial charge in [-0.15, -0.1) is 0 Å². The zero-order valence-electron chi connectivity index (χ0n) is 22.9. The lowest BCUT2D eigenvalue weighted by atomic mass is 9.92. The lowest BCUT2D eigenvalue weighted by Gasteiger charge is -2.36. The highest BCUT2D eigenvalue weighted by Gasteiger charge is 2.25. The molecule has 2 aromatic heterocycles. The maximum Gasteiger partial charge on any atom is 0.236 e. The summed E-state index contributed by atoms with van der Waals surface area (Å²) in [7, 11) is 0.651. The molecule has 0 spiro atoms. The quantitative estimate of drug-likeness (QED) is 0.434. The first-order valence-electron chi connectivity index (χ1n) is 13.5. The Morgan fingerprint density at radius 2 is 1.74 bits per heavy atom. The minimum Gasteiger partial charge on any atom is -0.367 e. The Kier molecular flexibility index (Phi) is 8.06. The number of amides is 1. The lowest BCUT2D eigenvalue weighted by Crippen LogP contribution is -2.50. The van der Waals surface area contributed by atoms with Crippen LogP contribution >= 0.6 is 0 Å². The van der Waals surface area contributed by atoms with Gasteiger partial charge in [-0.3, -0.25) is 4.79 Å². The van der Waals surface area contributed by atoms with E-state index in [9.17, 15) is 13.2 Å². The molecule has 11 nitrogen and oxygen atoms in total. The Labute approximate surface area is 230 Å². The number of fused-ring (bicyclic) bond motifs is 1. The van der Waals surface area contributed by atoms with E-state index in [-0.39, 0.29) is 18.0 Å². The fourth-order valence-corrected chi connectivity index (χ4v) is 6.43. The van der Waals surface area contributed by atoms with Crippen molar-refractivity contribution in [1.29, 1.82) is 0 Å². The van der Waals surface area contributed by atoms with Gasteiger partial charge in [0, 0.05) is 61.7 Å². The van der Waals surface area contributed by atoms with Crippen LogP contribution in [0.25, 0.3) is 16.7 Å². The third-order valence-corrected chi connectivity index (χ3v) is 8.22. The van der Waals surface area contributed by atoms with Gasteiger partial charge in [0.15, 0.2) is 0 Å². The summed E-state index contributed by atoms with van der Waals surface area (Å²) in [5, 5.41) is 4.59. The summed E-state index contributed by atoms with van der Waals surface area (Å²) in [6.45, 7) is 3.48. The number of nitrogens with one attached hydrogen (secondary N) is 2. The topological polar surface area (TPSA) is 116 Å². The molecule has 3 aromatic rings. The van der Waals surface area contributed by atoms with Crippen LogP contribution < -0.4 is 14.9 Å². The van der Waals surface area contributed by atoms with Crippen LogP contribution in [0.2, 0.25) is 0 Å². The molecule has 0 radical (unpaired) electrons. The van der Waals surface area contributed by atoms with Crippen LogP contribution in [0.3, 0.4) is 0 Å². The molecule has 39 heavy (non-hydrogen) atoms. The molecule has 12 heteroatoms. The molecule has 1 amide bonds. The number of hydrogen-bond acceptors (Lipinski definition) is 8. The van der Waals surface area contributed by atoms with Crippen molar-refractivity contribution < 1.29 is 13.2 Å². The molecule has 2 aliphatic rings. The van der Waals surface area contributed by atoms with E-state index >= 15 is 0 Å². The average Bonchev–Trinajstić information content (AvgIpc) is 3.33. The van der Waals surface area contributed by atoms with Crippen LogP contribution in [-0.2, 0) is 14.8 Å². The average molecular weight is 555 g/mol. The van der Waals surface area contributed by atoms with E-state index < -0.39 is 10.0 Å². The number of nitrogens with zero attached hydrogens (tertiary/aromatic N) is 6. The van der Waals surface area contributed by atoms with E-state index in [4.69, 9.17) is 4.98 Å². The number of likely N-dealkylation sites (N-methyl/N-ethyl adjacent to an activating group) is 1. The van der Waals surface area contributed by atoms with Gasteiger partial charge < -0.3 is 24.6 Å². The number of carbonyl (C=O) groups is 1. The van der Waals surface area contributed by atoms with Crippen LogP contribution in [-0.4, -0.2) is 104 Å². The fraction of sp³-hybridized carbons (Fsp3) is 0.519. The number of sulfonamides is 1. The van der Waals surface area contributed by atoms with Crippen LogP contribution in [0, 0.1) is 0 Å². The molecule has 210 valence electrons. The van der Waals surface area contributed by atoms with Crippen molar-refractivity contribution in [2.45, 2.75) is 37.8 Å². The lowest BCUT2D eigenvalue weighted by molar-refractivity contribution is -0.132. The summed E-state index contributed by atoms with van der Waals surface area (Å²) in [5.74, 6) is 1.53. The van der Waals surface area contributed by atoms with E-state index in [2.05, 4.69) is 48.8 Å². The number of rotatable bonds is 8. The fourth-order valence-electron chi connectivity index (χ4n) is 5.59. The minimum atomic E-state index is -3.19. The molecule has 0 atom stereocenters. The largest absolute Gasteiger partial charge is 0.367 e. The first-order valence-corrected chi connectivity index (χ1v) is 15.4. The molecule has 1 saturated carbocycles. The van der Waals surface area contributed by atoms with Gasteiger partial charge in [0.1, 0.15) is 5.82 Å². The number of benzene rings is 1. The van der Waals surface area contributed by atoms with Crippen LogP contribution in [0.15, 0.2) is 42.7 Å². The highest BCUT2D eigenvalue weighted by molar-refractivity contribution is 7.88. The van der Waals surface area contributed by atoms with Gasteiger partial charge in [0.2, 0.25) is 21.9 Å². The molecule has 1 aromatic carbocycles. The first-order chi connectivity index (χ1) is 18.7. The van der Waals surface area contributed by atoms with Crippen molar-refractivity contribution in [2.75, 3.05) is 63.3 Å². The van der Waals surface area contributed by atoms with E-state index in [0.717, 1.165) is 74.3 Å². The van der Waals surface area contributed by atoms with Crippen molar-refractivity contribution in [2.24, 2.45) is 0 Å². The Morgan fingerprint density at radius 1 is 1.03 bits per heavy atom. The molecular weight excluding hydrogens is 516 g/mol. The summed E-state index contributed by atoms with van der Waals surface area (Å²) in [6, 6.07) is 10.5. The minimum absolute atomic E-state index is 0.00718. The van der Waals surface area contributed by atoms with Crippen molar-refractivity contribution in [3.05, 3.63) is 42.7 Å². The maximum atomic E-state index is 12.5. The summed E-state index contributed by atoms with van der Waals surface area (Å²) >= 11 is 0. The number of carbonyl (C=O) groups excluding carboxylic acids is 1. The zero-order valence-corrected chi connectivity index (χ0v) is 23.7. The van der Waals surface area contributed by atoms with Gasteiger partial charge in [0.05, 0.1) is 18.3 Å². The van der Waals surface area contributed by atoms with Gasteiger partial charge in [-0.2, -0.15) is 4.98 Å². The predicted octanol–water partition coefficient (Wildman–Crippen LogP) is 1.90. The highest BCUT2D eigenvalue weighted by atomic mass is 32.2. The van der Waals surface area contributed by atoms with E-state index in [0.29, 0.717) is 12.5 Å². The Morgan fingerprint density at radius 3 is 2.44 bits per heavy atom. The van der Waals surface area contributed by atoms with E-state index in [1.54, 1.807) is 6.20 Å². The van der Waals surface area contributed by atoms with Crippen molar-refractivity contribution in [3.8, 4) is 5.82 Å². The highest BCUT2D eigenvalue weighted by Crippen LogP contribution is 2.30. The van der Waals surface area contributed by atoms with E-state index in [1.165, 1.54) is 6.26 Å². The summed E-state index contributed by atoms with van der Waals surface area (Å²) in [6.07, 6.45) is 8.29.